The second kappa shape index (κ2) is 8.91. The molecular weight excluding hydrogens is 374 g/mol. The SMILES string of the molecule is Clc1ccccc1CNc1nccc(Nc2ccccc2N2CCOCC2)n1. The standard InChI is InChI=1S/C21H22ClN5O/c22-17-6-2-1-5-16(17)15-24-21-23-10-9-20(26-21)25-18-7-3-4-8-19(18)27-11-13-28-14-12-27/h1-10H,11-15H2,(H2,23,24,25,26). The quantitative estimate of drug-likeness (QED) is 0.648. The van der Waals surface area contributed by atoms with Crippen LogP contribution in [0.15, 0.2) is 60.8 Å². The minimum absolute atomic E-state index is 0.550. The van der Waals surface area contributed by atoms with E-state index in [1.807, 2.05) is 42.5 Å². The normalized spacial score (nSPS) is 14.0. The van der Waals surface area contributed by atoms with Crippen LogP contribution in [0.2, 0.25) is 5.02 Å². The smallest absolute Gasteiger partial charge is 0.224 e. The van der Waals surface area contributed by atoms with Crippen LogP contribution in [0.25, 0.3) is 0 Å². The molecule has 2 aromatic carbocycles. The van der Waals surface area contributed by atoms with E-state index in [1.165, 1.54) is 0 Å². The molecule has 1 saturated heterocycles. The van der Waals surface area contributed by atoms with E-state index in [0.717, 1.165) is 54.1 Å². The van der Waals surface area contributed by atoms with Crippen LogP contribution in [0.5, 0.6) is 0 Å². The van der Waals surface area contributed by atoms with E-state index < -0.39 is 0 Å². The maximum absolute atomic E-state index is 6.21. The van der Waals surface area contributed by atoms with E-state index in [4.69, 9.17) is 16.3 Å². The number of nitrogens with one attached hydrogen (secondary N) is 2. The highest BCUT2D eigenvalue weighted by atomic mass is 35.5. The van der Waals surface area contributed by atoms with Crippen LogP contribution < -0.4 is 15.5 Å². The fourth-order valence-electron chi connectivity index (χ4n) is 3.13. The number of morpholine rings is 1. The number of nitrogens with zero attached hydrogens (tertiary/aromatic N) is 3. The zero-order chi connectivity index (χ0) is 19.2. The average molecular weight is 396 g/mol. The molecule has 0 saturated carbocycles. The average Bonchev–Trinajstić information content (AvgIpc) is 2.74. The van der Waals surface area contributed by atoms with Crippen LogP contribution in [0.3, 0.4) is 0 Å². The van der Waals surface area contributed by atoms with Crippen molar-refractivity contribution < 1.29 is 4.74 Å². The van der Waals surface area contributed by atoms with Gasteiger partial charge in [0, 0.05) is 30.9 Å². The van der Waals surface area contributed by atoms with Crippen LogP contribution in [0.4, 0.5) is 23.1 Å². The molecule has 0 atom stereocenters. The third kappa shape index (κ3) is 4.52. The van der Waals surface area contributed by atoms with Crippen LogP contribution in [0, 0.1) is 0 Å². The molecule has 0 bridgehead atoms. The van der Waals surface area contributed by atoms with Crippen molar-refractivity contribution in [3.05, 3.63) is 71.4 Å². The Kier molecular flexibility index (Phi) is 5.89. The van der Waals surface area contributed by atoms with Gasteiger partial charge in [0.2, 0.25) is 5.95 Å². The highest BCUT2D eigenvalue weighted by Crippen LogP contribution is 2.28. The molecule has 2 heterocycles. The molecule has 7 heteroatoms. The summed E-state index contributed by atoms with van der Waals surface area (Å²) in [5.74, 6) is 1.28. The summed E-state index contributed by atoms with van der Waals surface area (Å²) in [6.07, 6.45) is 1.74. The van der Waals surface area contributed by atoms with Crippen molar-refractivity contribution in [2.45, 2.75) is 6.54 Å². The Balaban J connectivity index is 1.47. The predicted molar refractivity (Wildman–Crippen MR) is 114 cm³/mol. The molecule has 2 N–H and O–H groups in total. The molecule has 1 fully saturated rings. The Labute approximate surface area is 169 Å². The van der Waals surface area contributed by atoms with Crippen LogP contribution in [-0.4, -0.2) is 36.3 Å². The zero-order valence-corrected chi connectivity index (χ0v) is 16.2. The minimum atomic E-state index is 0.550. The second-order valence-corrected chi connectivity index (χ2v) is 6.86. The largest absolute Gasteiger partial charge is 0.378 e. The van der Waals surface area contributed by atoms with Gasteiger partial charge in [-0.1, -0.05) is 41.9 Å². The van der Waals surface area contributed by atoms with Gasteiger partial charge in [-0.3, -0.25) is 0 Å². The zero-order valence-electron chi connectivity index (χ0n) is 15.4. The molecule has 0 aliphatic carbocycles. The Morgan fingerprint density at radius 3 is 2.64 bits per heavy atom. The monoisotopic (exact) mass is 395 g/mol. The number of aromatic nitrogens is 2. The molecule has 28 heavy (non-hydrogen) atoms. The molecular formula is C21H22ClN5O. The van der Waals surface area contributed by atoms with Gasteiger partial charge in [-0.15, -0.1) is 0 Å². The summed E-state index contributed by atoms with van der Waals surface area (Å²) < 4.78 is 5.47. The number of benzene rings is 2. The highest BCUT2D eigenvalue weighted by molar-refractivity contribution is 6.31. The first-order valence-electron chi connectivity index (χ1n) is 9.29. The van der Waals surface area contributed by atoms with E-state index in [1.54, 1.807) is 6.20 Å². The van der Waals surface area contributed by atoms with Crippen molar-refractivity contribution in [3.8, 4) is 0 Å². The number of para-hydroxylation sites is 2. The maximum Gasteiger partial charge on any atom is 0.224 e. The van der Waals surface area contributed by atoms with Gasteiger partial charge >= 0.3 is 0 Å². The Morgan fingerprint density at radius 2 is 1.79 bits per heavy atom. The first kappa shape index (κ1) is 18.5. The van der Waals surface area contributed by atoms with Crippen molar-refractivity contribution in [2.75, 3.05) is 41.8 Å². The molecule has 0 unspecified atom stereocenters. The third-order valence-electron chi connectivity index (χ3n) is 4.57. The summed E-state index contributed by atoms with van der Waals surface area (Å²) >= 11 is 6.21. The van der Waals surface area contributed by atoms with E-state index in [-0.39, 0.29) is 0 Å². The number of hydrogen-bond acceptors (Lipinski definition) is 6. The molecule has 3 aromatic rings. The van der Waals surface area contributed by atoms with Gasteiger partial charge in [0.25, 0.3) is 0 Å². The van der Waals surface area contributed by atoms with E-state index >= 15 is 0 Å². The molecule has 6 nitrogen and oxygen atoms in total. The first-order chi connectivity index (χ1) is 13.8. The molecule has 1 aliphatic rings. The minimum Gasteiger partial charge on any atom is -0.378 e. The van der Waals surface area contributed by atoms with Gasteiger partial charge < -0.3 is 20.3 Å². The molecule has 1 aliphatic heterocycles. The Hall–Kier alpha value is -2.83. The summed E-state index contributed by atoms with van der Waals surface area (Å²) in [5, 5.41) is 7.38. The summed E-state index contributed by atoms with van der Waals surface area (Å²) in [6, 6.07) is 17.8. The topological polar surface area (TPSA) is 62.3 Å². The Bertz CT molecular complexity index is 930. The van der Waals surface area contributed by atoms with Gasteiger partial charge in [0.15, 0.2) is 0 Å². The van der Waals surface area contributed by atoms with Gasteiger partial charge in [-0.05, 0) is 29.8 Å². The molecule has 0 amide bonds. The van der Waals surface area contributed by atoms with Crippen molar-refractivity contribution in [1.82, 2.24) is 9.97 Å². The van der Waals surface area contributed by atoms with Crippen LogP contribution in [-0.2, 0) is 11.3 Å². The number of hydrogen-bond donors (Lipinski definition) is 2. The third-order valence-corrected chi connectivity index (χ3v) is 4.94. The lowest BCUT2D eigenvalue weighted by Crippen LogP contribution is -2.36. The predicted octanol–water partition coefficient (Wildman–Crippen LogP) is 4.32. The van der Waals surface area contributed by atoms with Crippen LogP contribution in [0.1, 0.15) is 5.56 Å². The van der Waals surface area contributed by atoms with Crippen LogP contribution >= 0.6 is 11.6 Å². The molecule has 144 valence electrons. The highest BCUT2D eigenvalue weighted by Gasteiger charge is 2.14. The lowest BCUT2D eigenvalue weighted by molar-refractivity contribution is 0.123. The number of anilines is 4. The summed E-state index contributed by atoms with van der Waals surface area (Å²) in [4.78, 5) is 11.2. The van der Waals surface area contributed by atoms with E-state index in [2.05, 4.69) is 37.6 Å². The van der Waals surface area contributed by atoms with Gasteiger partial charge in [-0.25, -0.2) is 4.98 Å². The van der Waals surface area contributed by atoms with Crippen molar-refractivity contribution >= 4 is 34.7 Å². The summed E-state index contributed by atoms with van der Waals surface area (Å²) in [7, 11) is 0. The fourth-order valence-corrected chi connectivity index (χ4v) is 3.33. The fraction of sp³-hybridized carbons (Fsp3) is 0.238. The number of rotatable bonds is 6. The second-order valence-electron chi connectivity index (χ2n) is 6.45. The molecule has 4 rings (SSSR count). The summed E-state index contributed by atoms with van der Waals surface area (Å²) in [6.45, 7) is 3.82. The molecule has 0 radical (unpaired) electrons. The number of ether oxygens (including phenoxy) is 1. The first-order valence-corrected chi connectivity index (χ1v) is 9.66. The van der Waals surface area contributed by atoms with Gasteiger partial charge in [0.05, 0.1) is 24.6 Å². The number of halogens is 1. The lowest BCUT2D eigenvalue weighted by Gasteiger charge is -2.30. The van der Waals surface area contributed by atoms with Gasteiger partial charge in [-0.2, -0.15) is 4.98 Å². The Morgan fingerprint density at radius 1 is 1.00 bits per heavy atom. The lowest BCUT2D eigenvalue weighted by atomic mass is 10.2. The maximum atomic E-state index is 6.21. The van der Waals surface area contributed by atoms with E-state index in [9.17, 15) is 0 Å². The van der Waals surface area contributed by atoms with E-state index in [0.29, 0.717) is 12.5 Å². The summed E-state index contributed by atoms with van der Waals surface area (Å²) in [5.41, 5.74) is 3.17. The molecule has 0 spiro atoms. The molecule has 1 aromatic heterocycles. The van der Waals surface area contributed by atoms with Crippen molar-refractivity contribution in [1.29, 1.82) is 0 Å². The van der Waals surface area contributed by atoms with Crippen molar-refractivity contribution in [3.63, 3.8) is 0 Å². The van der Waals surface area contributed by atoms with Gasteiger partial charge in [0.1, 0.15) is 5.82 Å². The van der Waals surface area contributed by atoms with Crippen molar-refractivity contribution in [2.24, 2.45) is 0 Å².